The SMILES string of the molecule is O=C(Nc1ccc(C#CCCO)cc1)c1ccc(=O)[nH]n1. The summed E-state index contributed by atoms with van der Waals surface area (Å²) in [6.45, 7) is 0.0350. The van der Waals surface area contributed by atoms with Crippen LogP contribution >= 0.6 is 0 Å². The summed E-state index contributed by atoms with van der Waals surface area (Å²) >= 11 is 0. The fourth-order valence-corrected chi connectivity index (χ4v) is 1.52. The second-order valence-electron chi connectivity index (χ2n) is 4.11. The van der Waals surface area contributed by atoms with E-state index in [0.717, 1.165) is 5.56 Å². The van der Waals surface area contributed by atoms with Crippen molar-refractivity contribution in [2.45, 2.75) is 6.42 Å². The molecule has 0 saturated heterocycles. The zero-order valence-corrected chi connectivity index (χ0v) is 11.1. The summed E-state index contributed by atoms with van der Waals surface area (Å²) in [5.74, 6) is 5.29. The molecule has 0 atom stereocenters. The molecule has 1 amide bonds. The molecule has 106 valence electrons. The number of nitrogens with zero attached hydrogens (tertiary/aromatic N) is 1. The molecular weight excluding hydrogens is 270 g/mol. The van der Waals surface area contributed by atoms with Gasteiger partial charge in [-0.25, -0.2) is 5.10 Å². The summed E-state index contributed by atoms with van der Waals surface area (Å²) < 4.78 is 0. The molecule has 2 rings (SSSR count). The Balaban J connectivity index is 2.03. The Labute approximate surface area is 120 Å². The van der Waals surface area contributed by atoms with E-state index in [1.165, 1.54) is 12.1 Å². The van der Waals surface area contributed by atoms with E-state index in [0.29, 0.717) is 12.1 Å². The zero-order chi connectivity index (χ0) is 15.1. The molecule has 0 aliphatic heterocycles. The van der Waals surface area contributed by atoms with Gasteiger partial charge in [-0.15, -0.1) is 0 Å². The van der Waals surface area contributed by atoms with Crippen molar-refractivity contribution >= 4 is 11.6 Å². The van der Waals surface area contributed by atoms with Gasteiger partial charge in [-0.3, -0.25) is 9.59 Å². The fourth-order valence-electron chi connectivity index (χ4n) is 1.52. The van der Waals surface area contributed by atoms with Gasteiger partial charge in [0.1, 0.15) is 5.69 Å². The number of aliphatic hydroxyl groups excluding tert-OH is 1. The van der Waals surface area contributed by atoms with Crippen molar-refractivity contribution in [2.75, 3.05) is 11.9 Å². The summed E-state index contributed by atoms with van der Waals surface area (Å²) in [6, 6.07) is 9.55. The minimum absolute atomic E-state index is 0.0350. The summed E-state index contributed by atoms with van der Waals surface area (Å²) in [5.41, 5.74) is 1.16. The Hall–Kier alpha value is -2.91. The largest absolute Gasteiger partial charge is 0.395 e. The average molecular weight is 283 g/mol. The van der Waals surface area contributed by atoms with E-state index in [9.17, 15) is 9.59 Å². The van der Waals surface area contributed by atoms with Crippen molar-refractivity contribution in [1.82, 2.24) is 10.2 Å². The smallest absolute Gasteiger partial charge is 0.276 e. The summed E-state index contributed by atoms with van der Waals surface area (Å²) in [4.78, 5) is 22.7. The molecule has 0 fully saturated rings. The number of anilines is 1. The number of aromatic amines is 1. The third kappa shape index (κ3) is 4.30. The molecule has 0 aliphatic carbocycles. The molecule has 0 bridgehead atoms. The van der Waals surface area contributed by atoms with Gasteiger partial charge in [0.15, 0.2) is 0 Å². The standard InChI is InChI=1S/C15H13N3O3/c19-10-2-1-3-11-4-6-12(7-5-11)16-15(21)13-8-9-14(20)18-17-13/h4-9,19H,2,10H2,(H,16,21)(H,18,20). The highest BCUT2D eigenvalue weighted by Gasteiger charge is 2.07. The highest BCUT2D eigenvalue weighted by molar-refractivity contribution is 6.02. The Morgan fingerprint density at radius 2 is 2.00 bits per heavy atom. The summed E-state index contributed by atoms with van der Waals surface area (Å²) in [6.07, 6.45) is 0.427. The van der Waals surface area contributed by atoms with Gasteiger partial charge in [0.05, 0.1) is 6.61 Å². The van der Waals surface area contributed by atoms with Gasteiger partial charge in [0.25, 0.3) is 11.5 Å². The molecule has 0 radical (unpaired) electrons. The first-order valence-corrected chi connectivity index (χ1v) is 6.26. The highest BCUT2D eigenvalue weighted by atomic mass is 16.2. The number of hydrogen-bond acceptors (Lipinski definition) is 4. The number of carbonyl (C=O) groups excluding carboxylic acids is 1. The Bertz CT molecular complexity index is 719. The van der Waals surface area contributed by atoms with E-state index < -0.39 is 5.91 Å². The van der Waals surface area contributed by atoms with Crippen molar-refractivity contribution in [1.29, 1.82) is 0 Å². The van der Waals surface area contributed by atoms with E-state index in [1.807, 2.05) is 0 Å². The number of rotatable bonds is 3. The summed E-state index contributed by atoms with van der Waals surface area (Å²) in [5, 5.41) is 17.1. The molecule has 21 heavy (non-hydrogen) atoms. The third-order valence-electron chi connectivity index (χ3n) is 2.52. The minimum Gasteiger partial charge on any atom is -0.395 e. The number of hydrogen-bond donors (Lipinski definition) is 3. The molecular formula is C15H13N3O3. The van der Waals surface area contributed by atoms with E-state index in [1.54, 1.807) is 24.3 Å². The predicted octanol–water partition coefficient (Wildman–Crippen LogP) is 0.756. The lowest BCUT2D eigenvalue weighted by atomic mass is 10.2. The van der Waals surface area contributed by atoms with E-state index in [-0.39, 0.29) is 17.9 Å². The van der Waals surface area contributed by atoms with Gasteiger partial charge in [0, 0.05) is 23.7 Å². The fraction of sp³-hybridized carbons (Fsp3) is 0.133. The molecule has 0 aliphatic rings. The first kappa shape index (κ1) is 14.5. The van der Waals surface area contributed by atoms with E-state index in [4.69, 9.17) is 5.11 Å². The molecule has 1 aromatic heterocycles. The third-order valence-corrected chi connectivity index (χ3v) is 2.52. The van der Waals surface area contributed by atoms with Crippen LogP contribution in [0.3, 0.4) is 0 Å². The molecule has 3 N–H and O–H groups in total. The normalized spacial score (nSPS) is 9.57. The van der Waals surface area contributed by atoms with Crippen LogP contribution in [0.1, 0.15) is 22.5 Å². The monoisotopic (exact) mass is 283 g/mol. The van der Waals surface area contributed by atoms with Gasteiger partial charge in [0.2, 0.25) is 0 Å². The lowest BCUT2D eigenvalue weighted by Crippen LogP contribution is -2.17. The van der Waals surface area contributed by atoms with Crippen molar-refractivity contribution < 1.29 is 9.90 Å². The summed E-state index contributed by atoms with van der Waals surface area (Å²) in [7, 11) is 0. The molecule has 1 aromatic carbocycles. The first-order chi connectivity index (χ1) is 10.2. The molecule has 0 spiro atoms. The van der Waals surface area contributed by atoms with E-state index in [2.05, 4.69) is 27.4 Å². The lowest BCUT2D eigenvalue weighted by molar-refractivity contribution is 0.102. The number of amides is 1. The molecule has 0 unspecified atom stereocenters. The zero-order valence-electron chi connectivity index (χ0n) is 11.1. The van der Waals surface area contributed by atoms with Crippen molar-refractivity contribution in [3.63, 3.8) is 0 Å². The van der Waals surface area contributed by atoms with Crippen LogP contribution in [0.4, 0.5) is 5.69 Å². The highest BCUT2D eigenvalue weighted by Crippen LogP contribution is 2.09. The Kier molecular flexibility index (Phi) is 4.85. The van der Waals surface area contributed by atoms with E-state index >= 15 is 0 Å². The number of H-pyrrole nitrogens is 1. The molecule has 6 heteroatoms. The lowest BCUT2D eigenvalue weighted by Gasteiger charge is -2.04. The van der Waals surface area contributed by atoms with Crippen LogP contribution in [-0.2, 0) is 0 Å². The minimum atomic E-state index is -0.412. The quantitative estimate of drug-likeness (QED) is 0.725. The van der Waals surface area contributed by atoms with Crippen LogP contribution in [0.25, 0.3) is 0 Å². The first-order valence-electron chi connectivity index (χ1n) is 6.26. The molecule has 1 heterocycles. The van der Waals surface area contributed by atoms with Gasteiger partial charge in [-0.05, 0) is 30.3 Å². The molecule has 6 nitrogen and oxygen atoms in total. The predicted molar refractivity (Wildman–Crippen MR) is 77.8 cm³/mol. The maximum Gasteiger partial charge on any atom is 0.276 e. The maximum absolute atomic E-state index is 11.9. The number of benzene rings is 1. The average Bonchev–Trinajstić information content (AvgIpc) is 2.50. The van der Waals surface area contributed by atoms with Gasteiger partial charge >= 0.3 is 0 Å². The van der Waals surface area contributed by atoms with Crippen molar-refractivity contribution in [2.24, 2.45) is 0 Å². The molecule has 2 aromatic rings. The van der Waals surface area contributed by atoms with Crippen molar-refractivity contribution in [3.05, 3.63) is 58.0 Å². The van der Waals surface area contributed by atoms with Crippen LogP contribution in [0, 0.1) is 11.8 Å². The van der Waals surface area contributed by atoms with Gasteiger partial charge in [-0.1, -0.05) is 11.8 Å². The number of aliphatic hydroxyl groups is 1. The van der Waals surface area contributed by atoms with Crippen LogP contribution in [0.15, 0.2) is 41.2 Å². The topological polar surface area (TPSA) is 95.1 Å². The van der Waals surface area contributed by atoms with Crippen LogP contribution in [0.2, 0.25) is 0 Å². The number of nitrogens with one attached hydrogen (secondary N) is 2. The van der Waals surface area contributed by atoms with Crippen LogP contribution < -0.4 is 10.9 Å². The maximum atomic E-state index is 11.9. The Morgan fingerprint density at radius 1 is 1.24 bits per heavy atom. The van der Waals surface area contributed by atoms with Gasteiger partial charge < -0.3 is 10.4 Å². The van der Waals surface area contributed by atoms with Crippen LogP contribution in [0.5, 0.6) is 0 Å². The van der Waals surface area contributed by atoms with Crippen molar-refractivity contribution in [3.8, 4) is 11.8 Å². The molecule has 0 saturated carbocycles. The number of carbonyl (C=O) groups is 1. The van der Waals surface area contributed by atoms with Gasteiger partial charge in [-0.2, -0.15) is 5.10 Å². The Morgan fingerprint density at radius 3 is 2.62 bits per heavy atom. The van der Waals surface area contributed by atoms with Crippen LogP contribution in [-0.4, -0.2) is 27.8 Å². The number of aromatic nitrogens is 2. The second kappa shape index (κ2) is 7.03. The second-order valence-corrected chi connectivity index (χ2v) is 4.11.